The minimum atomic E-state index is -0.588. The van der Waals surface area contributed by atoms with Gasteiger partial charge >= 0.3 is 0 Å². The second-order valence-corrected chi connectivity index (χ2v) is 8.00. The van der Waals surface area contributed by atoms with E-state index in [1.165, 1.54) is 0 Å². The van der Waals surface area contributed by atoms with E-state index in [1.807, 2.05) is 73.8 Å². The van der Waals surface area contributed by atoms with E-state index in [1.54, 1.807) is 17.8 Å². The van der Waals surface area contributed by atoms with Crippen molar-refractivity contribution < 1.29 is 9.53 Å². The van der Waals surface area contributed by atoms with Crippen LogP contribution in [0, 0.1) is 20.8 Å². The lowest BCUT2D eigenvalue weighted by Gasteiger charge is -2.13. The zero-order valence-electron chi connectivity index (χ0n) is 18.4. The standard InChI is InChI=1S/C25H23N5O2/c1-15-5-10-22-28-23(18-6-8-19(32-4)9-7-18)24(29(22)13-15)21(14-31)20-12-26-30-17(3)11-16(2)27-25(20)30/h5-14,21H,1-4H3. The summed E-state index contributed by atoms with van der Waals surface area (Å²) in [7, 11) is 1.64. The molecule has 5 rings (SSSR count). The first-order chi connectivity index (χ1) is 15.5. The van der Waals surface area contributed by atoms with Crippen LogP contribution in [0.15, 0.2) is 54.9 Å². The number of hydrogen-bond acceptors (Lipinski definition) is 5. The second-order valence-electron chi connectivity index (χ2n) is 8.00. The van der Waals surface area contributed by atoms with Crippen LogP contribution in [0.2, 0.25) is 0 Å². The fourth-order valence-corrected chi connectivity index (χ4v) is 4.22. The van der Waals surface area contributed by atoms with Gasteiger partial charge in [0.1, 0.15) is 17.7 Å². The molecule has 1 unspecified atom stereocenters. The highest BCUT2D eigenvalue weighted by atomic mass is 16.5. The molecular weight excluding hydrogens is 402 g/mol. The number of aryl methyl sites for hydroxylation is 3. The highest BCUT2D eigenvalue weighted by Crippen LogP contribution is 2.35. The Morgan fingerprint density at radius 3 is 2.53 bits per heavy atom. The molecule has 0 bridgehead atoms. The van der Waals surface area contributed by atoms with Crippen molar-refractivity contribution in [1.82, 2.24) is 24.0 Å². The second kappa shape index (κ2) is 7.60. The number of imidazole rings is 1. The molecule has 0 amide bonds. The number of nitrogens with zero attached hydrogens (tertiary/aromatic N) is 5. The smallest absolute Gasteiger partial charge is 0.159 e. The first-order valence-corrected chi connectivity index (χ1v) is 10.4. The highest BCUT2D eigenvalue weighted by molar-refractivity contribution is 5.79. The molecule has 0 aliphatic carbocycles. The Labute approximate surface area is 185 Å². The normalized spacial score (nSPS) is 12.4. The summed E-state index contributed by atoms with van der Waals surface area (Å²) in [4.78, 5) is 22.2. The van der Waals surface area contributed by atoms with Gasteiger partial charge in [-0.25, -0.2) is 14.5 Å². The topological polar surface area (TPSA) is 73.8 Å². The summed E-state index contributed by atoms with van der Waals surface area (Å²) in [6.07, 6.45) is 4.70. The number of carbonyl (C=O) groups is 1. The molecular formula is C25H23N5O2. The highest BCUT2D eigenvalue weighted by Gasteiger charge is 2.27. The van der Waals surface area contributed by atoms with E-state index < -0.39 is 5.92 Å². The molecule has 0 N–H and O–H groups in total. The zero-order valence-corrected chi connectivity index (χ0v) is 18.4. The lowest BCUT2D eigenvalue weighted by Crippen LogP contribution is -2.09. The number of carbonyl (C=O) groups excluding carboxylic acids is 1. The van der Waals surface area contributed by atoms with Crippen molar-refractivity contribution in [2.75, 3.05) is 7.11 Å². The Bertz CT molecular complexity index is 1460. The van der Waals surface area contributed by atoms with E-state index >= 15 is 0 Å². The van der Waals surface area contributed by atoms with E-state index in [0.29, 0.717) is 5.65 Å². The van der Waals surface area contributed by atoms with Crippen molar-refractivity contribution in [2.45, 2.75) is 26.7 Å². The maximum absolute atomic E-state index is 12.6. The van der Waals surface area contributed by atoms with Crippen LogP contribution in [0.3, 0.4) is 0 Å². The monoisotopic (exact) mass is 425 g/mol. The predicted octanol–water partition coefficient (Wildman–Crippen LogP) is 4.31. The van der Waals surface area contributed by atoms with Gasteiger partial charge in [-0.05, 0) is 62.7 Å². The summed E-state index contributed by atoms with van der Waals surface area (Å²) in [6.45, 7) is 5.95. The van der Waals surface area contributed by atoms with Crippen molar-refractivity contribution in [3.8, 4) is 17.0 Å². The fourth-order valence-electron chi connectivity index (χ4n) is 4.22. The summed E-state index contributed by atoms with van der Waals surface area (Å²) < 4.78 is 9.09. The molecule has 0 aliphatic heterocycles. The summed E-state index contributed by atoms with van der Waals surface area (Å²) in [5.74, 6) is 0.176. The number of rotatable bonds is 5. The van der Waals surface area contributed by atoms with Crippen LogP contribution in [0.1, 0.15) is 34.1 Å². The van der Waals surface area contributed by atoms with Gasteiger partial charge in [0.05, 0.1) is 30.6 Å². The van der Waals surface area contributed by atoms with E-state index in [4.69, 9.17) is 14.7 Å². The Morgan fingerprint density at radius 2 is 1.81 bits per heavy atom. The van der Waals surface area contributed by atoms with Crippen LogP contribution in [0.5, 0.6) is 5.75 Å². The number of ether oxygens (including phenoxy) is 1. The van der Waals surface area contributed by atoms with Gasteiger partial charge in [0, 0.05) is 28.7 Å². The molecule has 4 aromatic heterocycles. The van der Waals surface area contributed by atoms with Gasteiger partial charge in [-0.3, -0.25) is 0 Å². The van der Waals surface area contributed by atoms with Crippen LogP contribution in [-0.4, -0.2) is 37.4 Å². The molecule has 0 saturated heterocycles. The molecule has 0 spiro atoms. The molecule has 7 heteroatoms. The number of benzene rings is 1. The van der Waals surface area contributed by atoms with Gasteiger partial charge in [-0.1, -0.05) is 6.07 Å². The van der Waals surface area contributed by atoms with E-state index in [9.17, 15) is 4.79 Å². The third-order valence-electron chi connectivity index (χ3n) is 5.74. The summed E-state index contributed by atoms with van der Waals surface area (Å²) in [6, 6.07) is 13.7. The molecule has 7 nitrogen and oxygen atoms in total. The Kier molecular flexibility index (Phi) is 4.74. The van der Waals surface area contributed by atoms with E-state index in [-0.39, 0.29) is 0 Å². The average Bonchev–Trinajstić information content (AvgIpc) is 3.37. The zero-order chi connectivity index (χ0) is 22.4. The third-order valence-corrected chi connectivity index (χ3v) is 5.74. The van der Waals surface area contributed by atoms with Crippen molar-refractivity contribution in [2.24, 2.45) is 0 Å². The Balaban J connectivity index is 1.79. The van der Waals surface area contributed by atoms with Gasteiger partial charge < -0.3 is 13.9 Å². The lowest BCUT2D eigenvalue weighted by atomic mass is 9.95. The molecule has 1 atom stereocenters. The summed E-state index contributed by atoms with van der Waals surface area (Å²) in [5.41, 5.74) is 7.59. The van der Waals surface area contributed by atoms with E-state index in [0.717, 1.165) is 57.1 Å². The van der Waals surface area contributed by atoms with Gasteiger partial charge in [-0.2, -0.15) is 5.10 Å². The van der Waals surface area contributed by atoms with Gasteiger partial charge in [-0.15, -0.1) is 0 Å². The van der Waals surface area contributed by atoms with Gasteiger partial charge in [0.15, 0.2) is 5.65 Å². The number of hydrogen-bond donors (Lipinski definition) is 0. The van der Waals surface area contributed by atoms with Gasteiger partial charge in [0.2, 0.25) is 0 Å². The van der Waals surface area contributed by atoms with Crippen molar-refractivity contribution in [1.29, 1.82) is 0 Å². The number of fused-ring (bicyclic) bond motifs is 2. The first kappa shape index (κ1) is 19.9. The van der Waals surface area contributed by atoms with Crippen molar-refractivity contribution >= 4 is 17.6 Å². The summed E-state index contributed by atoms with van der Waals surface area (Å²) >= 11 is 0. The largest absolute Gasteiger partial charge is 0.497 e. The molecule has 0 fully saturated rings. The van der Waals surface area contributed by atoms with Crippen LogP contribution in [-0.2, 0) is 4.79 Å². The van der Waals surface area contributed by atoms with Crippen molar-refractivity contribution in [3.05, 3.63) is 83.1 Å². The average molecular weight is 425 g/mol. The van der Waals surface area contributed by atoms with Crippen LogP contribution < -0.4 is 4.74 Å². The molecule has 4 heterocycles. The number of aldehydes is 1. The maximum Gasteiger partial charge on any atom is 0.159 e. The molecule has 160 valence electrons. The third kappa shape index (κ3) is 3.13. The molecule has 32 heavy (non-hydrogen) atoms. The minimum Gasteiger partial charge on any atom is -0.497 e. The fraction of sp³-hybridized carbons (Fsp3) is 0.200. The molecule has 5 aromatic rings. The Morgan fingerprint density at radius 1 is 1.03 bits per heavy atom. The van der Waals surface area contributed by atoms with Crippen LogP contribution in [0.4, 0.5) is 0 Å². The number of methoxy groups -OCH3 is 1. The maximum atomic E-state index is 12.6. The van der Waals surface area contributed by atoms with Crippen LogP contribution >= 0.6 is 0 Å². The number of pyridine rings is 1. The predicted molar refractivity (Wildman–Crippen MR) is 122 cm³/mol. The molecule has 0 radical (unpaired) electrons. The molecule has 0 saturated carbocycles. The quantitative estimate of drug-likeness (QED) is 0.392. The van der Waals surface area contributed by atoms with E-state index in [2.05, 4.69) is 5.10 Å². The Hall–Kier alpha value is -4.00. The van der Waals surface area contributed by atoms with Crippen molar-refractivity contribution in [3.63, 3.8) is 0 Å². The summed E-state index contributed by atoms with van der Waals surface area (Å²) in [5, 5.41) is 4.51. The van der Waals surface area contributed by atoms with Crippen LogP contribution in [0.25, 0.3) is 22.6 Å². The molecule has 0 aliphatic rings. The SMILES string of the molecule is COc1ccc(-c2nc3ccc(C)cn3c2C(C=O)c2cnn3c(C)cc(C)nc23)cc1. The lowest BCUT2D eigenvalue weighted by molar-refractivity contribution is -0.108. The number of aromatic nitrogens is 5. The van der Waals surface area contributed by atoms with Gasteiger partial charge in [0.25, 0.3) is 0 Å². The minimum absolute atomic E-state index is 0.588. The molecule has 1 aromatic carbocycles. The first-order valence-electron chi connectivity index (χ1n) is 10.4.